The van der Waals surface area contributed by atoms with Gasteiger partial charge in [-0.2, -0.15) is 0 Å². The normalized spacial score (nSPS) is 12.6. The number of amides is 1. The number of carbonyl (C=O) groups excluding carboxylic acids is 1. The monoisotopic (exact) mass is 399 g/mol. The van der Waals surface area contributed by atoms with Crippen LogP contribution in [0.2, 0.25) is 0 Å². The highest BCUT2D eigenvalue weighted by atomic mass is 79.9. The molecule has 4 aromatic rings. The molecule has 0 aliphatic heterocycles. The molecule has 4 rings (SSSR count). The molecular weight excluding hydrogens is 385 g/mol. The van der Waals surface area contributed by atoms with E-state index in [4.69, 9.17) is 0 Å². The van der Waals surface area contributed by atoms with Crippen molar-refractivity contribution < 1.29 is 9.18 Å². The lowest BCUT2D eigenvalue weighted by molar-refractivity contribution is 0.0942. The number of halogens is 2. The van der Waals surface area contributed by atoms with Crippen molar-refractivity contribution in [2.75, 3.05) is 0 Å². The van der Waals surface area contributed by atoms with E-state index in [0.717, 1.165) is 26.5 Å². The first kappa shape index (κ1) is 15.9. The smallest absolute Gasteiger partial charge is 0.253 e. The van der Waals surface area contributed by atoms with Crippen LogP contribution < -0.4 is 5.32 Å². The zero-order chi connectivity index (χ0) is 17.6. The molecule has 1 atom stereocenters. The first-order valence-corrected chi connectivity index (χ1v) is 8.66. The van der Waals surface area contributed by atoms with E-state index < -0.39 is 0 Å². The minimum Gasteiger partial charge on any atom is -0.361 e. The van der Waals surface area contributed by atoms with Crippen LogP contribution >= 0.6 is 15.9 Å². The van der Waals surface area contributed by atoms with E-state index >= 15 is 0 Å². The summed E-state index contributed by atoms with van der Waals surface area (Å²) in [5.41, 5.74) is 3.17. The molecule has 2 heterocycles. The van der Waals surface area contributed by atoms with Crippen molar-refractivity contribution in [2.24, 2.45) is 0 Å². The van der Waals surface area contributed by atoms with Crippen LogP contribution in [0, 0.1) is 5.82 Å². The van der Waals surface area contributed by atoms with Gasteiger partial charge in [0.05, 0.1) is 11.6 Å². The van der Waals surface area contributed by atoms with Gasteiger partial charge in [-0.25, -0.2) is 4.39 Å². The lowest BCUT2D eigenvalue weighted by Gasteiger charge is -2.13. The number of rotatable bonds is 3. The van der Waals surface area contributed by atoms with E-state index in [9.17, 15) is 9.18 Å². The van der Waals surface area contributed by atoms with Crippen LogP contribution in [0.5, 0.6) is 0 Å². The fourth-order valence-electron chi connectivity index (χ4n) is 3.11. The van der Waals surface area contributed by atoms with Crippen molar-refractivity contribution in [1.29, 1.82) is 0 Å². The molecule has 2 aromatic heterocycles. The van der Waals surface area contributed by atoms with E-state index in [-0.39, 0.29) is 17.8 Å². The van der Waals surface area contributed by atoms with Crippen LogP contribution in [0.25, 0.3) is 21.8 Å². The number of fused-ring (bicyclic) bond motifs is 2. The summed E-state index contributed by atoms with van der Waals surface area (Å²) in [6, 6.07) is 10.1. The number of nitrogens with one attached hydrogen (secondary N) is 3. The quantitative estimate of drug-likeness (QED) is 0.443. The molecule has 126 valence electrons. The fraction of sp³-hybridized carbons (Fsp3) is 0.105. The SMILES string of the molecule is CC(NC(=O)c1c[nH]c2ccc(F)cc12)c1c[nH]c2ccc(Br)cc12. The van der Waals surface area contributed by atoms with E-state index in [2.05, 4.69) is 31.2 Å². The lowest BCUT2D eigenvalue weighted by Crippen LogP contribution is -2.26. The summed E-state index contributed by atoms with van der Waals surface area (Å²) in [5, 5.41) is 4.61. The van der Waals surface area contributed by atoms with Gasteiger partial charge in [0.15, 0.2) is 0 Å². The Kier molecular flexibility index (Phi) is 3.84. The minimum atomic E-state index is -0.365. The Balaban J connectivity index is 1.65. The molecule has 1 amide bonds. The van der Waals surface area contributed by atoms with E-state index in [0.29, 0.717) is 10.9 Å². The van der Waals surface area contributed by atoms with Gasteiger partial charge >= 0.3 is 0 Å². The average Bonchev–Trinajstić information content (AvgIpc) is 3.17. The first-order valence-electron chi connectivity index (χ1n) is 7.87. The van der Waals surface area contributed by atoms with Crippen LogP contribution in [0.3, 0.4) is 0 Å². The molecule has 0 saturated carbocycles. The topological polar surface area (TPSA) is 60.7 Å². The summed E-state index contributed by atoms with van der Waals surface area (Å²) in [6.07, 6.45) is 3.51. The van der Waals surface area contributed by atoms with Crippen molar-refractivity contribution in [1.82, 2.24) is 15.3 Å². The highest BCUT2D eigenvalue weighted by molar-refractivity contribution is 9.10. The maximum Gasteiger partial charge on any atom is 0.253 e. The Morgan fingerprint density at radius 1 is 1.08 bits per heavy atom. The van der Waals surface area contributed by atoms with Crippen molar-refractivity contribution >= 4 is 43.6 Å². The van der Waals surface area contributed by atoms with Gasteiger partial charge in [-0.1, -0.05) is 15.9 Å². The molecule has 6 heteroatoms. The molecule has 1 unspecified atom stereocenters. The lowest BCUT2D eigenvalue weighted by atomic mass is 10.1. The summed E-state index contributed by atoms with van der Waals surface area (Å²) < 4.78 is 14.5. The van der Waals surface area contributed by atoms with E-state index in [1.165, 1.54) is 12.1 Å². The molecule has 25 heavy (non-hydrogen) atoms. The van der Waals surface area contributed by atoms with Crippen LogP contribution in [0.15, 0.2) is 53.3 Å². The largest absolute Gasteiger partial charge is 0.361 e. The molecule has 0 aliphatic carbocycles. The fourth-order valence-corrected chi connectivity index (χ4v) is 3.47. The van der Waals surface area contributed by atoms with Gasteiger partial charge in [-0.15, -0.1) is 0 Å². The Morgan fingerprint density at radius 3 is 2.64 bits per heavy atom. The number of aromatic nitrogens is 2. The second-order valence-corrected chi connectivity index (χ2v) is 6.94. The number of benzene rings is 2. The van der Waals surface area contributed by atoms with E-state index in [1.807, 2.05) is 31.3 Å². The van der Waals surface area contributed by atoms with Gasteiger partial charge in [0.25, 0.3) is 5.91 Å². The maximum atomic E-state index is 13.5. The van der Waals surface area contributed by atoms with Crippen LogP contribution in [-0.4, -0.2) is 15.9 Å². The average molecular weight is 400 g/mol. The highest BCUT2D eigenvalue weighted by Crippen LogP contribution is 2.27. The van der Waals surface area contributed by atoms with Crippen molar-refractivity contribution in [3.05, 3.63) is 70.2 Å². The molecule has 0 fully saturated rings. The van der Waals surface area contributed by atoms with E-state index in [1.54, 1.807) is 12.3 Å². The summed E-state index contributed by atoms with van der Waals surface area (Å²) in [4.78, 5) is 18.9. The Morgan fingerprint density at radius 2 is 1.80 bits per heavy atom. The number of H-pyrrole nitrogens is 2. The highest BCUT2D eigenvalue weighted by Gasteiger charge is 2.18. The zero-order valence-electron chi connectivity index (χ0n) is 13.4. The summed E-state index contributed by atoms with van der Waals surface area (Å²) in [5.74, 6) is -0.607. The Labute approximate surface area is 151 Å². The molecule has 4 nitrogen and oxygen atoms in total. The summed E-state index contributed by atoms with van der Waals surface area (Å²) in [7, 11) is 0. The molecular formula is C19H15BrFN3O. The molecule has 0 saturated heterocycles. The summed E-state index contributed by atoms with van der Waals surface area (Å²) in [6.45, 7) is 1.93. The van der Waals surface area contributed by atoms with Crippen LogP contribution in [-0.2, 0) is 0 Å². The van der Waals surface area contributed by atoms with Gasteiger partial charge in [-0.3, -0.25) is 4.79 Å². The van der Waals surface area contributed by atoms with Crippen molar-refractivity contribution in [3.8, 4) is 0 Å². The van der Waals surface area contributed by atoms with Crippen molar-refractivity contribution in [2.45, 2.75) is 13.0 Å². The number of carbonyl (C=O) groups is 1. The Bertz CT molecular complexity index is 1100. The second kappa shape index (κ2) is 6.04. The third-order valence-electron chi connectivity index (χ3n) is 4.38. The first-order chi connectivity index (χ1) is 12.0. The zero-order valence-corrected chi connectivity index (χ0v) is 14.9. The maximum absolute atomic E-state index is 13.5. The second-order valence-electron chi connectivity index (χ2n) is 6.02. The van der Waals surface area contributed by atoms with Crippen LogP contribution in [0.4, 0.5) is 4.39 Å². The predicted molar refractivity (Wildman–Crippen MR) is 100 cm³/mol. The molecule has 3 N–H and O–H groups in total. The molecule has 0 aliphatic rings. The van der Waals surface area contributed by atoms with Gasteiger partial charge < -0.3 is 15.3 Å². The predicted octanol–water partition coefficient (Wildman–Crippen LogP) is 5.04. The van der Waals surface area contributed by atoms with Crippen molar-refractivity contribution in [3.63, 3.8) is 0 Å². The number of hydrogen-bond donors (Lipinski definition) is 3. The van der Waals surface area contributed by atoms with Crippen LogP contribution in [0.1, 0.15) is 28.9 Å². The Hall–Kier alpha value is -2.60. The number of aromatic amines is 2. The molecule has 0 bridgehead atoms. The van der Waals surface area contributed by atoms with Gasteiger partial charge in [0.2, 0.25) is 0 Å². The van der Waals surface area contributed by atoms with Gasteiger partial charge in [0.1, 0.15) is 5.82 Å². The molecule has 0 radical (unpaired) electrons. The van der Waals surface area contributed by atoms with Gasteiger partial charge in [-0.05, 0) is 48.9 Å². The van der Waals surface area contributed by atoms with Gasteiger partial charge in [0, 0.05) is 38.7 Å². The molecule has 0 spiro atoms. The number of hydrogen-bond acceptors (Lipinski definition) is 1. The standard InChI is InChI=1S/C19H15BrFN3O/c1-10(15-8-22-17-4-2-11(20)6-13(15)17)24-19(25)16-9-23-18-5-3-12(21)7-14(16)18/h2-10,22-23H,1H3,(H,24,25). The summed E-state index contributed by atoms with van der Waals surface area (Å²) >= 11 is 3.48. The minimum absolute atomic E-state index is 0.200. The molecule has 2 aromatic carbocycles. The third-order valence-corrected chi connectivity index (χ3v) is 4.87. The third kappa shape index (κ3) is 2.82.